The molecule has 0 bridgehead atoms. The maximum Gasteiger partial charge on any atom is 0.305 e. The van der Waals surface area contributed by atoms with Crippen molar-refractivity contribution < 1.29 is 63.1 Å². The number of aliphatic hydroxyl groups excluding tert-OH is 1. The van der Waals surface area contributed by atoms with Gasteiger partial charge in [0.1, 0.15) is 30.2 Å². The van der Waals surface area contributed by atoms with E-state index in [-0.39, 0.29) is 35.6 Å². The summed E-state index contributed by atoms with van der Waals surface area (Å²) in [5.74, 6) is -11.2. The van der Waals surface area contributed by atoms with Crippen molar-refractivity contribution in [3.63, 3.8) is 0 Å². The molecule has 25 nitrogen and oxygen atoms in total. The van der Waals surface area contributed by atoms with E-state index in [4.69, 9.17) is 17.2 Å². The number of aliphatic carboxylic acids is 1. The van der Waals surface area contributed by atoms with Gasteiger partial charge in [-0.2, -0.15) is 0 Å². The van der Waals surface area contributed by atoms with Crippen LogP contribution >= 0.6 is 21.6 Å². The number of nitrogens with zero attached hydrogens (tertiary/aromatic N) is 2. The molecule has 0 spiro atoms. The van der Waals surface area contributed by atoms with Gasteiger partial charge in [0.2, 0.25) is 53.2 Å². The Hall–Kier alpha value is -6.06. The zero-order valence-corrected chi connectivity index (χ0v) is 32.6. The van der Waals surface area contributed by atoms with Crippen LogP contribution in [0.5, 0.6) is 0 Å². The molecule has 1 aromatic rings. The average Bonchev–Trinajstić information content (AvgIpc) is 3.56. The first kappa shape index (κ1) is 47.3. The second kappa shape index (κ2) is 22.2. The fourth-order valence-corrected chi connectivity index (χ4v) is 7.92. The second-order valence-corrected chi connectivity index (χ2v) is 15.7. The number of carbonyl (C=O) groups excluding carboxylic acids is 9. The summed E-state index contributed by atoms with van der Waals surface area (Å²) in [6.45, 7) is -2.09. The van der Waals surface area contributed by atoms with Crippen LogP contribution in [0.2, 0.25) is 0 Å². The van der Waals surface area contributed by atoms with E-state index in [2.05, 4.69) is 31.9 Å². The van der Waals surface area contributed by atoms with Gasteiger partial charge in [-0.3, -0.25) is 58.1 Å². The first-order valence-electron chi connectivity index (χ1n) is 17.5. The van der Waals surface area contributed by atoms with Gasteiger partial charge in [-0.15, -0.1) is 0 Å². The number of carboxylic acid groups (broad SMARTS) is 1. The molecule has 1 aromatic carbocycles. The Morgan fingerprint density at radius 1 is 0.831 bits per heavy atom. The van der Waals surface area contributed by atoms with Gasteiger partial charge >= 0.3 is 5.97 Å². The summed E-state index contributed by atoms with van der Waals surface area (Å²) in [4.78, 5) is 140. The number of nitrogens with two attached hydrogens (primary N) is 3. The lowest BCUT2D eigenvalue weighted by Gasteiger charge is -2.27. The van der Waals surface area contributed by atoms with Crippen LogP contribution in [0.25, 0.3) is 0 Å². The normalized spacial score (nSPS) is 26.2. The Morgan fingerprint density at radius 3 is 2.10 bits per heavy atom. The number of hydrogen-bond donors (Lipinski definition) is 11. The maximum atomic E-state index is 13.5. The molecule has 2 heterocycles. The van der Waals surface area contributed by atoms with Gasteiger partial charge in [0, 0.05) is 43.0 Å². The topological polar surface area (TPSA) is 408 Å². The van der Waals surface area contributed by atoms with Gasteiger partial charge in [-0.05, 0) is 5.56 Å². The van der Waals surface area contributed by atoms with E-state index in [1.54, 1.807) is 0 Å². The number of aliphatic hydroxyl groups is 1. The van der Waals surface area contributed by atoms with Crippen molar-refractivity contribution in [1.82, 2.24) is 36.8 Å². The van der Waals surface area contributed by atoms with Crippen LogP contribution in [-0.2, 0) is 54.4 Å². The molecule has 27 heteroatoms. The molecule has 0 aliphatic carbocycles. The molecular weight excluding hydrogens is 827 g/mol. The van der Waals surface area contributed by atoms with Crippen LogP contribution in [-0.4, -0.2) is 153 Å². The number of benzene rings is 1. The molecule has 0 aromatic heterocycles. The Labute approximate surface area is 341 Å². The number of amides is 9. The van der Waals surface area contributed by atoms with Crippen molar-refractivity contribution in [3.8, 4) is 0 Å². The van der Waals surface area contributed by atoms with Gasteiger partial charge < -0.3 is 64.2 Å². The molecule has 14 N–H and O–H groups in total. The predicted octanol–water partition coefficient (Wildman–Crippen LogP) is -6.17. The Bertz CT molecular complexity index is 1840. The number of primary amides is 2. The van der Waals surface area contributed by atoms with Crippen LogP contribution in [0.1, 0.15) is 24.8 Å². The number of rotatable bonds is 8. The number of carbonyl (C=O) groups is 10. The summed E-state index contributed by atoms with van der Waals surface area (Å²) in [7, 11) is 1.84. The number of fused-ring (bicyclic) bond motifs is 1. The molecule has 7 atom stereocenters. The van der Waals surface area contributed by atoms with Crippen LogP contribution in [0.4, 0.5) is 5.69 Å². The van der Waals surface area contributed by atoms with Gasteiger partial charge in [0.25, 0.3) is 5.69 Å². The van der Waals surface area contributed by atoms with Gasteiger partial charge in [-0.1, -0.05) is 33.7 Å². The lowest BCUT2D eigenvalue weighted by molar-refractivity contribution is -0.384. The third-order valence-corrected chi connectivity index (χ3v) is 11.0. The fraction of sp³-hybridized carbons (Fsp3) is 0.500. The van der Waals surface area contributed by atoms with Gasteiger partial charge in [0.05, 0.1) is 43.0 Å². The molecule has 2 saturated heterocycles. The largest absolute Gasteiger partial charge is 0.481 e. The van der Waals surface area contributed by atoms with Crippen molar-refractivity contribution in [3.05, 3.63) is 39.9 Å². The van der Waals surface area contributed by atoms with Crippen LogP contribution in [0.3, 0.4) is 0 Å². The highest BCUT2D eigenvalue weighted by Crippen LogP contribution is 2.23. The molecule has 0 unspecified atom stereocenters. The molecule has 322 valence electrons. The summed E-state index contributed by atoms with van der Waals surface area (Å²) in [6, 6.07) is -4.17. The third kappa shape index (κ3) is 15.0. The van der Waals surface area contributed by atoms with Crippen molar-refractivity contribution >= 4 is 86.4 Å². The van der Waals surface area contributed by atoms with E-state index in [1.165, 1.54) is 18.2 Å². The van der Waals surface area contributed by atoms with Crippen LogP contribution < -0.4 is 49.1 Å². The lowest BCUT2D eigenvalue weighted by Crippen LogP contribution is -2.58. The summed E-state index contributed by atoms with van der Waals surface area (Å²) in [6.07, 6.45) is -3.68. The van der Waals surface area contributed by atoms with Crippen molar-refractivity contribution in [1.29, 1.82) is 0 Å². The Kier molecular flexibility index (Phi) is 17.8. The smallest absolute Gasteiger partial charge is 0.305 e. The molecule has 2 aliphatic rings. The lowest BCUT2D eigenvalue weighted by atomic mass is 10.0. The van der Waals surface area contributed by atoms with Crippen molar-refractivity contribution in [2.24, 2.45) is 17.2 Å². The predicted molar refractivity (Wildman–Crippen MR) is 205 cm³/mol. The average molecular weight is 870 g/mol. The summed E-state index contributed by atoms with van der Waals surface area (Å²) < 4.78 is 0. The minimum Gasteiger partial charge on any atom is -0.481 e. The van der Waals surface area contributed by atoms with E-state index in [0.29, 0.717) is 0 Å². The zero-order chi connectivity index (χ0) is 44.0. The first-order valence-corrected chi connectivity index (χ1v) is 20.0. The van der Waals surface area contributed by atoms with Crippen LogP contribution in [0.15, 0.2) is 24.3 Å². The number of carboxylic acids is 1. The van der Waals surface area contributed by atoms with Crippen molar-refractivity contribution in [2.45, 2.75) is 68.0 Å². The number of hydrogen-bond acceptors (Lipinski definition) is 16. The van der Waals surface area contributed by atoms with Crippen molar-refractivity contribution in [2.75, 3.05) is 31.1 Å². The monoisotopic (exact) mass is 869 g/mol. The maximum absolute atomic E-state index is 13.5. The SMILES string of the molecule is NC(=O)C[C@@H]1NC(=O)[C@@H]2C[C@@H](O)CN2C(=O)CNC(=O)[C@H](Cc2cccc([N+](=O)[O-])c2)NC(=O)CNC(=O)[C@@H](CC(=O)O)NC(=O)[C@H](N)CSSC[C@H](C(N)=O)NC1=O. The van der Waals surface area contributed by atoms with Crippen LogP contribution in [0, 0.1) is 10.1 Å². The molecule has 0 radical (unpaired) electrons. The van der Waals surface area contributed by atoms with E-state index in [0.717, 1.165) is 32.6 Å². The van der Waals surface area contributed by atoms with E-state index in [1.807, 2.05) is 0 Å². The second-order valence-electron chi connectivity index (χ2n) is 13.2. The minimum absolute atomic E-state index is 0.183. The summed E-state index contributed by atoms with van der Waals surface area (Å²) in [5.41, 5.74) is 16.5. The highest BCUT2D eigenvalue weighted by Gasteiger charge is 2.41. The number of nitrogens with one attached hydrogen (secondary N) is 6. The zero-order valence-electron chi connectivity index (χ0n) is 31.0. The van der Waals surface area contributed by atoms with Gasteiger partial charge in [-0.25, -0.2) is 0 Å². The Balaban J connectivity index is 1.94. The molecule has 2 fully saturated rings. The third-order valence-electron chi connectivity index (χ3n) is 8.56. The number of non-ortho nitro benzene ring substituents is 1. The Morgan fingerprint density at radius 2 is 1.46 bits per heavy atom. The number of nitro benzene ring substituents is 1. The highest BCUT2D eigenvalue weighted by molar-refractivity contribution is 8.76. The summed E-state index contributed by atoms with van der Waals surface area (Å²) >= 11 is 0. The highest BCUT2D eigenvalue weighted by atomic mass is 33.1. The molecule has 3 rings (SSSR count). The van der Waals surface area contributed by atoms with Gasteiger partial charge in [0.15, 0.2) is 0 Å². The first-order chi connectivity index (χ1) is 27.7. The molecule has 0 saturated carbocycles. The summed E-state index contributed by atoms with van der Waals surface area (Å²) in [5, 5.41) is 44.7. The standard InChI is InChI=1S/C32H43N11O14S2/c33-17-12-58-59-13-21(27(35)50)41-31(54)19(7-23(34)45)40-32(55)22-6-16(44)11-42(22)25(47)10-37-29(52)18(5-14-2-1-3-15(4-14)43(56)57)38-24(46)9-36-30(53)20(8-26(48)49)39-28(17)51/h1-4,16-22,44H,5-13,33H2,(H2,34,45)(H2,35,50)(H,36,53)(H,37,52)(H,38,46)(H,39,51)(H,40,55)(H,41,54)(H,48,49)/t16-,17-,18+,19+,20-,21-,22+/m1/s1. The van der Waals surface area contributed by atoms with E-state index < -0.39 is 139 Å². The number of nitro groups is 1. The fourth-order valence-electron chi connectivity index (χ4n) is 5.62. The van der Waals surface area contributed by atoms with E-state index in [9.17, 15) is 68.3 Å². The quantitative estimate of drug-likeness (QED) is 0.0658. The minimum atomic E-state index is -1.73. The van der Waals surface area contributed by atoms with E-state index >= 15 is 0 Å². The molecule has 2 aliphatic heterocycles. The molecular formula is C32H43N11O14S2. The molecule has 59 heavy (non-hydrogen) atoms. The molecule has 9 amide bonds.